The van der Waals surface area contributed by atoms with Crippen molar-refractivity contribution in [3.8, 4) is 5.75 Å². The average molecular weight is 402 g/mol. The van der Waals surface area contributed by atoms with Crippen LogP contribution in [0, 0.1) is 17.8 Å². The molecule has 4 atom stereocenters. The molecule has 2 aliphatic rings. The molecule has 0 unspecified atom stereocenters. The molecule has 1 aliphatic heterocycles. The highest BCUT2D eigenvalue weighted by Crippen LogP contribution is 2.41. The molecule has 1 heterocycles. The largest absolute Gasteiger partial charge is 0.497 e. The molecule has 0 N–H and O–H groups in total. The minimum absolute atomic E-state index is 0.100. The van der Waals surface area contributed by atoms with E-state index in [9.17, 15) is 4.79 Å². The van der Waals surface area contributed by atoms with Gasteiger partial charge in [0.15, 0.2) is 0 Å². The van der Waals surface area contributed by atoms with Crippen LogP contribution in [0.5, 0.6) is 5.75 Å². The van der Waals surface area contributed by atoms with Gasteiger partial charge in [0.1, 0.15) is 12.0 Å². The summed E-state index contributed by atoms with van der Waals surface area (Å²) >= 11 is 0. The summed E-state index contributed by atoms with van der Waals surface area (Å²) in [5.74, 6) is 2.84. The lowest BCUT2D eigenvalue weighted by Gasteiger charge is -2.40. The average Bonchev–Trinajstić information content (AvgIpc) is 3.00. The second-order valence-electron chi connectivity index (χ2n) is 10.4. The van der Waals surface area contributed by atoms with Crippen molar-refractivity contribution in [1.29, 1.82) is 0 Å². The second kappa shape index (κ2) is 8.67. The van der Waals surface area contributed by atoms with Crippen LogP contribution >= 0.6 is 0 Å². The summed E-state index contributed by atoms with van der Waals surface area (Å²) in [4.78, 5) is 14.9. The van der Waals surface area contributed by atoms with E-state index in [1.807, 2.05) is 17.0 Å². The summed E-state index contributed by atoms with van der Waals surface area (Å²) in [6, 6.07) is 6.05. The Morgan fingerprint density at radius 2 is 1.86 bits per heavy atom. The standard InChI is InChI=1S/C25H39NO3/c1-16(2)19-10-8-17(3)14-22(19)29-24-13-12-23(27)26(24)21-11-9-18(28-7)15-20(21)25(4,5)6/h9,11,15-17,19,22,24H,8,10,12-14H2,1-7H3/t17-,19+,22-,24+/m1/s1. The van der Waals surface area contributed by atoms with Gasteiger partial charge in [0.2, 0.25) is 5.91 Å². The van der Waals surface area contributed by atoms with E-state index in [0.717, 1.165) is 29.8 Å². The minimum atomic E-state index is -0.173. The van der Waals surface area contributed by atoms with Crippen LogP contribution < -0.4 is 9.64 Å². The highest BCUT2D eigenvalue weighted by Gasteiger charge is 2.40. The Morgan fingerprint density at radius 1 is 1.14 bits per heavy atom. The van der Waals surface area contributed by atoms with Crippen molar-refractivity contribution < 1.29 is 14.3 Å². The summed E-state index contributed by atoms with van der Waals surface area (Å²) in [7, 11) is 1.69. The molecule has 1 saturated carbocycles. The predicted molar refractivity (Wildman–Crippen MR) is 118 cm³/mol. The maximum Gasteiger partial charge on any atom is 0.229 e. The third-order valence-electron chi connectivity index (χ3n) is 6.73. The number of hydrogen-bond donors (Lipinski definition) is 0. The molecule has 3 rings (SSSR count). The molecular formula is C25H39NO3. The lowest BCUT2D eigenvalue weighted by molar-refractivity contribution is -0.119. The molecule has 4 heteroatoms. The summed E-state index contributed by atoms with van der Waals surface area (Å²) in [6.45, 7) is 13.5. The van der Waals surface area contributed by atoms with Crippen LogP contribution in [0.4, 0.5) is 5.69 Å². The lowest BCUT2D eigenvalue weighted by atomic mass is 9.75. The fourth-order valence-corrected chi connectivity index (χ4v) is 5.00. The number of benzene rings is 1. The van der Waals surface area contributed by atoms with Crippen LogP contribution in [-0.4, -0.2) is 25.3 Å². The van der Waals surface area contributed by atoms with Crippen LogP contribution in [0.25, 0.3) is 0 Å². The number of nitrogens with zero attached hydrogens (tertiary/aromatic N) is 1. The molecule has 1 aliphatic carbocycles. The van der Waals surface area contributed by atoms with Crippen molar-refractivity contribution in [2.24, 2.45) is 17.8 Å². The molecule has 1 saturated heterocycles. The number of rotatable bonds is 5. The zero-order valence-corrected chi connectivity index (χ0v) is 19.3. The summed E-state index contributed by atoms with van der Waals surface area (Å²) in [5.41, 5.74) is 1.99. The summed E-state index contributed by atoms with van der Waals surface area (Å²) in [5, 5.41) is 0. The maximum absolute atomic E-state index is 13.0. The monoisotopic (exact) mass is 401 g/mol. The van der Waals surface area contributed by atoms with Gasteiger partial charge in [0.05, 0.1) is 18.9 Å². The van der Waals surface area contributed by atoms with Crippen LogP contribution in [0.15, 0.2) is 18.2 Å². The molecule has 0 bridgehead atoms. The maximum atomic E-state index is 13.0. The predicted octanol–water partition coefficient (Wildman–Crippen LogP) is 5.92. The fourth-order valence-electron chi connectivity index (χ4n) is 5.00. The lowest BCUT2D eigenvalue weighted by Crippen LogP contribution is -2.43. The molecule has 162 valence electrons. The Hall–Kier alpha value is -1.55. The van der Waals surface area contributed by atoms with Gasteiger partial charge in [-0.15, -0.1) is 0 Å². The van der Waals surface area contributed by atoms with E-state index in [-0.39, 0.29) is 23.7 Å². The zero-order valence-electron chi connectivity index (χ0n) is 19.3. The van der Waals surface area contributed by atoms with Gasteiger partial charge in [-0.1, -0.05) is 48.0 Å². The van der Waals surface area contributed by atoms with Gasteiger partial charge in [0.25, 0.3) is 0 Å². The van der Waals surface area contributed by atoms with Gasteiger partial charge in [-0.3, -0.25) is 9.69 Å². The second-order valence-corrected chi connectivity index (χ2v) is 10.4. The van der Waals surface area contributed by atoms with Crippen molar-refractivity contribution in [2.45, 2.75) is 91.4 Å². The number of ether oxygens (including phenoxy) is 2. The van der Waals surface area contributed by atoms with Gasteiger partial charge in [-0.05, 0) is 59.8 Å². The van der Waals surface area contributed by atoms with Crippen LogP contribution in [-0.2, 0) is 14.9 Å². The van der Waals surface area contributed by atoms with Crippen molar-refractivity contribution >= 4 is 11.6 Å². The van der Waals surface area contributed by atoms with Crippen LogP contribution in [0.2, 0.25) is 0 Å². The van der Waals surface area contributed by atoms with E-state index in [0.29, 0.717) is 24.2 Å². The van der Waals surface area contributed by atoms with E-state index >= 15 is 0 Å². The van der Waals surface area contributed by atoms with Crippen molar-refractivity contribution in [1.82, 2.24) is 0 Å². The van der Waals surface area contributed by atoms with Gasteiger partial charge >= 0.3 is 0 Å². The first-order valence-corrected chi connectivity index (χ1v) is 11.3. The van der Waals surface area contributed by atoms with Gasteiger partial charge in [0, 0.05) is 12.8 Å². The summed E-state index contributed by atoms with van der Waals surface area (Å²) < 4.78 is 12.2. The van der Waals surface area contributed by atoms with E-state index in [2.05, 4.69) is 47.6 Å². The third kappa shape index (κ3) is 4.79. The fraction of sp³-hybridized carbons (Fsp3) is 0.720. The number of methoxy groups -OCH3 is 1. The molecule has 29 heavy (non-hydrogen) atoms. The van der Waals surface area contributed by atoms with Crippen LogP contribution in [0.3, 0.4) is 0 Å². The molecule has 1 aromatic carbocycles. The molecule has 0 spiro atoms. The minimum Gasteiger partial charge on any atom is -0.497 e. The number of anilines is 1. The van der Waals surface area contributed by atoms with E-state index in [4.69, 9.17) is 9.47 Å². The Morgan fingerprint density at radius 3 is 2.48 bits per heavy atom. The molecular weight excluding hydrogens is 362 g/mol. The molecule has 4 nitrogen and oxygen atoms in total. The molecule has 2 fully saturated rings. The SMILES string of the molecule is COc1ccc(N2C(=O)CC[C@@H]2O[C@@H]2C[C@H](C)CC[C@H]2C(C)C)c(C(C)(C)C)c1. The normalized spacial score (nSPS) is 28.3. The quantitative estimate of drug-likeness (QED) is 0.614. The van der Waals surface area contributed by atoms with E-state index in [1.54, 1.807) is 7.11 Å². The van der Waals surface area contributed by atoms with Gasteiger partial charge < -0.3 is 9.47 Å². The summed E-state index contributed by atoms with van der Waals surface area (Å²) in [6.07, 6.45) is 4.97. The topological polar surface area (TPSA) is 38.8 Å². The Labute approximate surface area is 177 Å². The Bertz CT molecular complexity index is 721. The third-order valence-corrected chi connectivity index (χ3v) is 6.73. The zero-order chi connectivity index (χ0) is 21.3. The van der Waals surface area contributed by atoms with Gasteiger partial charge in [-0.2, -0.15) is 0 Å². The first-order valence-electron chi connectivity index (χ1n) is 11.3. The molecule has 1 aromatic rings. The Balaban J connectivity index is 1.91. The number of amides is 1. The number of hydrogen-bond acceptors (Lipinski definition) is 3. The number of carbonyl (C=O) groups is 1. The smallest absolute Gasteiger partial charge is 0.229 e. The highest BCUT2D eigenvalue weighted by molar-refractivity contribution is 5.97. The van der Waals surface area contributed by atoms with Crippen molar-refractivity contribution in [3.05, 3.63) is 23.8 Å². The Kier molecular flexibility index (Phi) is 6.62. The van der Waals surface area contributed by atoms with Crippen molar-refractivity contribution in [3.63, 3.8) is 0 Å². The first kappa shape index (κ1) is 22.1. The molecule has 0 aromatic heterocycles. The van der Waals surface area contributed by atoms with Gasteiger partial charge in [-0.25, -0.2) is 0 Å². The van der Waals surface area contributed by atoms with E-state index in [1.165, 1.54) is 12.8 Å². The first-order chi connectivity index (χ1) is 13.6. The molecule has 1 amide bonds. The van der Waals surface area contributed by atoms with Crippen LogP contribution in [0.1, 0.15) is 79.2 Å². The molecule has 0 radical (unpaired) electrons. The number of carbonyl (C=O) groups excluding carboxylic acids is 1. The highest BCUT2D eigenvalue weighted by atomic mass is 16.5. The van der Waals surface area contributed by atoms with E-state index < -0.39 is 0 Å². The van der Waals surface area contributed by atoms with Crippen molar-refractivity contribution in [2.75, 3.05) is 12.0 Å².